The summed E-state index contributed by atoms with van der Waals surface area (Å²) >= 11 is 0. The third kappa shape index (κ3) is 3.38. The molecule has 1 atom stereocenters. The zero-order valence-electron chi connectivity index (χ0n) is 8.03. The number of hydrogen-bond donors (Lipinski definition) is 1. The van der Waals surface area contributed by atoms with Crippen molar-refractivity contribution in [3.8, 4) is 0 Å². The summed E-state index contributed by atoms with van der Waals surface area (Å²) in [6.07, 6.45) is 7.76. The number of nitrogens with zero attached hydrogens (tertiary/aromatic N) is 1. The van der Waals surface area contributed by atoms with E-state index in [0.29, 0.717) is 6.04 Å². The van der Waals surface area contributed by atoms with Crippen LogP contribution >= 0.6 is 0 Å². The Labute approximate surface area is 79.7 Å². The van der Waals surface area contributed by atoms with Gasteiger partial charge in [0.1, 0.15) is 0 Å². The van der Waals surface area contributed by atoms with Crippen molar-refractivity contribution >= 4 is 0 Å². The first-order chi connectivity index (χ1) is 6.36. The van der Waals surface area contributed by atoms with Crippen LogP contribution in [0, 0.1) is 0 Å². The average molecular weight is 176 g/mol. The maximum Gasteiger partial charge on any atom is 0.0270 e. The molecule has 70 valence electrons. The molecule has 0 amide bonds. The Morgan fingerprint density at radius 2 is 2.23 bits per heavy atom. The fourth-order valence-corrected chi connectivity index (χ4v) is 1.25. The SMILES string of the molecule is C=CC(CCc1ccncc1)NC. The summed E-state index contributed by atoms with van der Waals surface area (Å²) in [6, 6.07) is 4.51. The second-order valence-electron chi connectivity index (χ2n) is 3.03. The number of aryl methyl sites for hydroxylation is 1. The molecule has 1 N–H and O–H groups in total. The molecular weight excluding hydrogens is 160 g/mol. The second-order valence-corrected chi connectivity index (χ2v) is 3.03. The first-order valence-corrected chi connectivity index (χ1v) is 4.55. The number of pyridine rings is 1. The van der Waals surface area contributed by atoms with Gasteiger partial charge in [0.25, 0.3) is 0 Å². The summed E-state index contributed by atoms with van der Waals surface area (Å²) < 4.78 is 0. The van der Waals surface area contributed by atoms with Gasteiger partial charge in [0, 0.05) is 18.4 Å². The molecule has 1 aromatic heterocycles. The van der Waals surface area contributed by atoms with Crippen LogP contribution < -0.4 is 5.32 Å². The molecule has 0 aliphatic heterocycles. The fraction of sp³-hybridized carbons (Fsp3) is 0.364. The highest BCUT2D eigenvalue weighted by molar-refractivity contribution is 5.10. The second kappa shape index (κ2) is 5.49. The molecule has 1 unspecified atom stereocenters. The first kappa shape index (κ1) is 9.93. The number of aromatic nitrogens is 1. The Kier molecular flexibility index (Phi) is 4.19. The first-order valence-electron chi connectivity index (χ1n) is 4.55. The largest absolute Gasteiger partial charge is 0.314 e. The molecular formula is C11H16N2. The summed E-state index contributed by atoms with van der Waals surface area (Å²) in [5.74, 6) is 0. The van der Waals surface area contributed by atoms with Gasteiger partial charge in [-0.15, -0.1) is 6.58 Å². The summed E-state index contributed by atoms with van der Waals surface area (Å²) in [5, 5.41) is 3.19. The number of likely N-dealkylation sites (N-methyl/N-ethyl adjacent to an activating group) is 1. The third-order valence-electron chi connectivity index (χ3n) is 2.15. The normalized spacial score (nSPS) is 12.4. The predicted molar refractivity (Wildman–Crippen MR) is 55.6 cm³/mol. The molecule has 0 fully saturated rings. The number of hydrogen-bond acceptors (Lipinski definition) is 2. The van der Waals surface area contributed by atoms with Crippen LogP contribution in [0.2, 0.25) is 0 Å². The van der Waals surface area contributed by atoms with Crippen molar-refractivity contribution < 1.29 is 0 Å². The molecule has 0 spiro atoms. The minimum absolute atomic E-state index is 0.410. The van der Waals surface area contributed by atoms with E-state index in [2.05, 4.69) is 29.0 Å². The van der Waals surface area contributed by atoms with Crippen LogP contribution in [0.3, 0.4) is 0 Å². The van der Waals surface area contributed by atoms with Crippen molar-refractivity contribution in [2.45, 2.75) is 18.9 Å². The molecule has 13 heavy (non-hydrogen) atoms. The van der Waals surface area contributed by atoms with Gasteiger partial charge >= 0.3 is 0 Å². The smallest absolute Gasteiger partial charge is 0.0270 e. The van der Waals surface area contributed by atoms with Crippen LogP contribution in [0.15, 0.2) is 37.2 Å². The molecule has 0 aliphatic rings. The van der Waals surface area contributed by atoms with Gasteiger partial charge in [-0.2, -0.15) is 0 Å². The highest BCUT2D eigenvalue weighted by Gasteiger charge is 2.00. The van der Waals surface area contributed by atoms with E-state index in [1.54, 1.807) is 0 Å². The van der Waals surface area contributed by atoms with Crippen molar-refractivity contribution in [3.63, 3.8) is 0 Å². The molecule has 2 nitrogen and oxygen atoms in total. The van der Waals surface area contributed by atoms with Crippen molar-refractivity contribution in [2.75, 3.05) is 7.05 Å². The highest BCUT2D eigenvalue weighted by Crippen LogP contribution is 2.03. The predicted octanol–water partition coefficient (Wildman–Crippen LogP) is 1.79. The lowest BCUT2D eigenvalue weighted by Gasteiger charge is -2.10. The minimum atomic E-state index is 0.410. The van der Waals surface area contributed by atoms with E-state index in [-0.39, 0.29) is 0 Å². The molecule has 0 saturated heterocycles. The lowest BCUT2D eigenvalue weighted by Crippen LogP contribution is -2.22. The van der Waals surface area contributed by atoms with Gasteiger partial charge in [-0.25, -0.2) is 0 Å². The third-order valence-corrected chi connectivity index (χ3v) is 2.15. The van der Waals surface area contributed by atoms with Crippen LogP contribution in [0.25, 0.3) is 0 Å². The van der Waals surface area contributed by atoms with Gasteiger partial charge in [-0.1, -0.05) is 6.08 Å². The maximum atomic E-state index is 3.98. The molecule has 0 aromatic carbocycles. The zero-order valence-corrected chi connectivity index (χ0v) is 8.03. The van der Waals surface area contributed by atoms with E-state index < -0.39 is 0 Å². The molecule has 0 saturated carbocycles. The van der Waals surface area contributed by atoms with Crippen molar-refractivity contribution in [3.05, 3.63) is 42.7 Å². The fourth-order valence-electron chi connectivity index (χ4n) is 1.25. The highest BCUT2D eigenvalue weighted by atomic mass is 14.8. The Morgan fingerprint density at radius 3 is 2.77 bits per heavy atom. The minimum Gasteiger partial charge on any atom is -0.314 e. The van der Waals surface area contributed by atoms with Gasteiger partial charge in [0.05, 0.1) is 0 Å². The van der Waals surface area contributed by atoms with Gasteiger partial charge in [-0.05, 0) is 37.6 Å². The monoisotopic (exact) mass is 176 g/mol. The van der Waals surface area contributed by atoms with Crippen LogP contribution in [0.5, 0.6) is 0 Å². The lowest BCUT2D eigenvalue weighted by atomic mass is 10.1. The maximum absolute atomic E-state index is 3.98. The van der Waals surface area contributed by atoms with E-state index >= 15 is 0 Å². The summed E-state index contributed by atoms with van der Waals surface area (Å²) in [6.45, 7) is 3.77. The molecule has 0 bridgehead atoms. The summed E-state index contributed by atoms with van der Waals surface area (Å²) in [4.78, 5) is 3.98. The van der Waals surface area contributed by atoms with Crippen LogP contribution in [0.4, 0.5) is 0 Å². The molecule has 0 radical (unpaired) electrons. The van der Waals surface area contributed by atoms with E-state index in [1.807, 2.05) is 25.5 Å². The topological polar surface area (TPSA) is 24.9 Å². The Balaban J connectivity index is 2.38. The number of rotatable bonds is 5. The quantitative estimate of drug-likeness (QED) is 0.692. The van der Waals surface area contributed by atoms with Crippen molar-refractivity contribution in [1.82, 2.24) is 10.3 Å². The lowest BCUT2D eigenvalue weighted by molar-refractivity contribution is 0.615. The van der Waals surface area contributed by atoms with E-state index in [0.717, 1.165) is 12.8 Å². The molecule has 1 aromatic rings. The summed E-state index contributed by atoms with van der Waals surface area (Å²) in [7, 11) is 1.96. The van der Waals surface area contributed by atoms with Crippen LogP contribution in [-0.4, -0.2) is 18.1 Å². The molecule has 1 heterocycles. The van der Waals surface area contributed by atoms with Gasteiger partial charge in [0.15, 0.2) is 0 Å². The number of nitrogens with one attached hydrogen (secondary N) is 1. The standard InChI is InChI=1S/C11H16N2/c1-3-11(12-2)5-4-10-6-8-13-9-7-10/h3,6-9,11-12H,1,4-5H2,2H3. The Hall–Kier alpha value is -1.15. The average Bonchev–Trinajstić information content (AvgIpc) is 2.21. The van der Waals surface area contributed by atoms with Crippen LogP contribution in [-0.2, 0) is 6.42 Å². The van der Waals surface area contributed by atoms with Gasteiger partial charge < -0.3 is 5.32 Å². The Bertz CT molecular complexity index is 244. The van der Waals surface area contributed by atoms with Gasteiger partial charge in [-0.3, -0.25) is 4.98 Å². The van der Waals surface area contributed by atoms with E-state index in [9.17, 15) is 0 Å². The Morgan fingerprint density at radius 1 is 1.54 bits per heavy atom. The van der Waals surface area contributed by atoms with Crippen molar-refractivity contribution in [2.24, 2.45) is 0 Å². The molecule has 0 aliphatic carbocycles. The molecule has 1 rings (SSSR count). The molecule has 2 heteroatoms. The van der Waals surface area contributed by atoms with Crippen LogP contribution in [0.1, 0.15) is 12.0 Å². The summed E-state index contributed by atoms with van der Waals surface area (Å²) in [5.41, 5.74) is 1.33. The van der Waals surface area contributed by atoms with E-state index in [4.69, 9.17) is 0 Å². The van der Waals surface area contributed by atoms with E-state index in [1.165, 1.54) is 5.56 Å². The van der Waals surface area contributed by atoms with Crippen molar-refractivity contribution in [1.29, 1.82) is 0 Å². The van der Waals surface area contributed by atoms with Gasteiger partial charge in [0.2, 0.25) is 0 Å². The zero-order chi connectivity index (χ0) is 9.52.